The van der Waals surface area contributed by atoms with E-state index < -0.39 is 0 Å². The average molecular weight is 350 g/mol. The van der Waals surface area contributed by atoms with Crippen molar-refractivity contribution < 1.29 is 4.79 Å². The van der Waals surface area contributed by atoms with Crippen LogP contribution in [0.4, 0.5) is 0 Å². The molecule has 8 heteroatoms. The van der Waals surface area contributed by atoms with Gasteiger partial charge in [0.25, 0.3) is 0 Å². The van der Waals surface area contributed by atoms with E-state index in [0.29, 0.717) is 6.54 Å². The van der Waals surface area contributed by atoms with Gasteiger partial charge in [0.1, 0.15) is 10.7 Å². The number of hydrogen-bond acceptors (Lipinski definition) is 6. The van der Waals surface area contributed by atoms with Crippen molar-refractivity contribution in [3.63, 3.8) is 0 Å². The van der Waals surface area contributed by atoms with E-state index in [-0.39, 0.29) is 12.3 Å². The summed E-state index contributed by atoms with van der Waals surface area (Å²) in [5.74, 6) is -0.0801. The van der Waals surface area contributed by atoms with Crippen molar-refractivity contribution in [1.82, 2.24) is 30.5 Å². The zero-order valence-electron chi connectivity index (χ0n) is 13.1. The summed E-state index contributed by atoms with van der Waals surface area (Å²) < 4.78 is 0. The number of benzene rings is 1. The Bertz CT molecular complexity index is 1010. The summed E-state index contributed by atoms with van der Waals surface area (Å²) in [4.78, 5) is 24.9. The van der Waals surface area contributed by atoms with E-state index in [1.165, 1.54) is 11.3 Å². The van der Waals surface area contributed by atoms with E-state index in [1.54, 1.807) is 18.6 Å². The molecule has 25 heavy (non-hydrogen) atoms. The first kappa shape index (κ1) is 15.4. The fourth-order valence-electron chi connectivity index (χ4n) is 2.48. The molecule has 3 heterocycles. The van der Waals surface area contributed by atoms with Gasteiger partial charge >= 0.3 is 0 Å². The van der Waals surface area contributed by atoms with Crippen molar-refractivity contribution in [3.05, 3.63) is 59.6 Å². The molecule has 0 bridgehead atoms. The van der Waals surface area contributed by atoms with E-state index in [9.17, 15) is 4.79 Å². The maximum Gasteiger partial charge on any atom is 0.226 e. The highest BCUT2D eigenvalue weighted by Gasteiger charge is 2.11. The third-order valence-electron chi connectivity index (χ3n) is 3.68. The number of hydrogen-bond donors (Lipinski definition) is 2. The van der Waals surface area contributed by atoms with Crippen LogP contribution in [0.25, 0.3) is 21.6 Å². The second kappa shape index (κ2) is 6.78. The van der Waals surface area contributed by atoms with Gasteiger partial charge in [0.2, 0.25) is 5.91 Å². The number of H-pyrrole nitrogens is 1. The Balaban J connectivity index is 1.38. The Kier molecular flexibility index (Phi) is 4.17. The molecule has 0 saturated heterocycles. The van der Waals surface area contributed by atoms with Crippen molar-refractivity contribution >= 4 is 28.1 Å². The Hall–Kier alpha value is -3.13. The number of nitrogens with zero attached hydrogens (tertiary/aromatic N) is 4. The molecule has 0 spiro atoms. The van der Waals surface area contributed by atoms with Gasteiger partial charge in [-0.2, -0.15) is 5.10 Å². The molecule has 3 aromatic heterocycles. The first-order valence-corrected chi connectivity index (χ1v) is 8.57. The Morgan fingerprint density at radius 2 is 2.16 bits per heavy atom. The van der Waals surface area contributed by atoms with Gasteiger partial charge in [0, 0.05) is 23.2 Å². The molecule has 0 aliphatic rings. The van der Waals surface area contributed by atoms with Crippen LogP contribution < -0.4 is 5.32 Å². The molecule has 0 aliphatic heterocycles. The van der Waals surface area contributed by atoms with Crippen molar-refractivity contribution in [1.29, 1.82) is 0 Å². The van der Waals surface area contributed by atoms with Gasteiger partial charge in [-0.15, -0.1) is 11.3 Å². The molecule has 0 radical (unpaired) electrons. The molecule has 2 N–H and O–H groups in total. The minimum atomic E-state index is -0.0801. The van der Waals surface area contributed by atoms with Crippen LogP contribution >= 0.6 is 11.3 Å². The zero-order chi connectivity index (χ0) is 17.1. The predicted molar refractivity (Wildman–Crippen MR) is 94.8 cm³/mol. The maximum atomic E-state index is 12.2. The van der Waals surface area contributed by atoms with E-state index in [0.717, 1.165) is 33.0 Å². The quantitative estimate of drug-likeness (QED) is 0.576. The van der Waals surface area contributed by atoms with Crippen LogP contribution in [0.5, 0.6) is 0 Å². The highest BCUT2D eigenvalue weighted by molar-refractivity contribution is 7.13. The van der Waals surface area contributed by atoms with Crippen molar-refractivity contribution in [2.75, 3.05) is 0 Å². The summed E-state index contributed by atoms with van der Waals surface area (Å²) in [6.07, 6.45) is 5.18. The first-order valence-electron chi connectivity index (χ1n) is 7.69. The van der Waals surface area contributed by atoms with Gasteiger partial charge in [-0.1, -0.05) is 18.2 Å². The van der Waals surface area contributed by atoms with Crippen LogP contribution in [0.1, 0.15) is 11.4 Å². The third kappa shape index (κ3) is 3.38. The van der Waals surface area contributed by atoms with Gasteiger partial charge in [0.15, 0.2) is 0 Å². The lowest BCUT2D eigenvalue weighted by Gasteiger charge is -2.02. The number of nitrogens with one attached hydrogen (secondary N) is 2. The highest BCUT2D eigenvalue weighted by Crippen LogP contribution is 2.20. The number of thiazole rings is 1. The molecule has 0 fully saturated rings. The topological polar surface area (TPSA) is 96.5 Å². The molecule has 0 unspecified atom stereocenters. The molecule has 7 nitrogen and oxygen atoms in total. The average Bonchev–Trinajstić information content (AvgIpc) is 3.28. The lowest BCUT2D eigenvalue weighted by molar-refractivity contribution is -0.120. The molecule has 4 aromatic rings. The second-order valence-electron chi connectivity index (χ2n) is 5.41. The predicted octanol–water partition coefficient (Wildman–Crippen LogP) is 2.34. The number of aromatic nitrogens is 5. The number of para-hydroxylation sites is 1. The number of carbonyl (C=O) groups excluding carboxylic acids is 1. The van der Waals surface area contributed by atoms with E-state index in [4.69, 9.17) is 0 Å². The molecular formula is C17H14N6OS. The number of fused-ring (bicyclic) bond motifs is 1. The van der Waals surface area contributed by atoms with Crippen molar-refractivity contribution in [3.8, 4) is 10.7 Å². The summed E-state index contributed by atoms with van der Waals surface area (Å²) in [7, 11) is 0. The van der Waals surface area contributed by atoms with Crippen molar-refractivity contribution in [2.45, 2.75) is 13.0 Å². The highest BCUT2D eigenvalue weighted by atomic mass is 32.1. The van der Waals surface area contributed by atoms with Crippen LogP contribution in [-0.2, 0) is 17.8 Å². The Morgan fingerprint density at radius 1 is 1.24 bits per heavy atom. The van der Waals surface area contributed by atoms with Crippen LogP contribution in [0, 0.1) is 0 Å². The summed E-state index contributed by atoms with van der Waals surface area (Å²) in [6.45, 7) is 0.377. The van der Waals surface area contributed by atoms with Crippen molar-refractivity contribution in [2.24, 2.45) is 0 Å². The standard InChI is InChI=1S/C17H14N6OS/c24-16(7-14-12-3-1-2-4-13(12)22-23-14)20-8-11-10-25-17(21-11)15-9-18-5-6-19-15/h1-6,9-10H,7-8H2,(H,20,24)(H,22,23). The zero-order valence-corrected chi connectivity index (χ0v) is 14.0. The minimum Gasteiger partial charge on any atom is -0.350 e. The number of amides is 1. The fraction of sp³-hybridized carbons (Fsp3) is 0.118. The summed E-state index contributed by atoms with van der Waals surface area (Å²) >= 11 is 1.48. The van der Waals surface area contributed by atoms with E-state index in [2.05, 4.69) is 30.5 Å². The number of aromatic amines is 1. The molecule has 124 valence electrons. The lowest BCUT2D eigenvalue weighted by atomic mass is 10.1. The van der Waals surface area contributed by atoms with Crippen LogP contribution in [-0.4, -0.2) is 31.1 Å². The number of rotatable bonds is 5. The van der Waals surface area contributed by atoms with Crippen LogP contribution in [0.2, 0.25) is 0 Å². The van der Waals surface area contributed by atoms with Gasteiger partial charge in [-0.05, 0) is 6.07 Å². The molecule has 4 rings (SSSR count). The molecule has 0 aliphatic carbocycles. The second-order valence-corrected chi connectivity index (χ2v) is 6.27. The SMILES string of the molecule is O=C(Cc1[nH]nc2ccccc12)NCc1csc(-c2cnccn2)n1. The minimum absolute atomic E-state index is 0.0801. The number of carbonyl (C=O) groups is 1. The van der Waals surface area contributed by atoms with Gasteiger partial charge in [-0.3, -0.25) is 19.9 Å². The molecule has 0 saturated carbocycles. The fourth-order valence-corrected chi connectivity index (χ4v) is 3.26. The van der Waals surface area contributed by atoms with Gasteiger partial charge in [-0.25, -0.2) is 4.98 Å². The molecule has 1 aromatic carbocycles. The molecule has 0 atom stereocenters. The Labute approximate surface area is 147 Å². The lowest BCUT2D eigenvalue weighted by Crippen LogP contribution is -2.24. The summed E-state index contributed by atoms with van der Waals surface area (Å²) in [5.41, 5.74) is 3.20. The summed E-state index contributed by atoms with van der Waals surface area (Å²) in [5, 5.41) is 13.7. The van der Waals surface area contributed by atoms with Gasteiger partial charge in [0.05, 0.1) is 36.1 Å². The van der Waals surface area contributed by atoms with Gasteiger partial charge < -0.3 is 5.32 Å². The van der Waals surface area contributed by atoms with Crippen LogP contribution in [0.3, 0.4) is 0 Å². The van der Waals surface area contributed by atoms with Crippen LogP contribution in [0.15, 0.2) is 48.2 Å². The Morgan fingerprint density at radius 3 is 3.04 bits per heavy atom. The molecule has 1 amide bonds. The molecular weight excluding hydrogens is 336 g/mol. The smallest absolute Gasteiger partial charge is 0.226 e. The monoisotopic (exact) mass is 350 g/mol. The van der Waals surface area contributed by atoms with E-state index >= 15 is 0 Å². The largest absolute Gasteiger partial charge is 0.350 e. The maximum absolute atomic E-state index is 12.2. The summed E-state index contributed by atoms with van der Waals surface area (Å²) in [6, 6.07) is 7.72. The normalized spacial score (nSPS) is 10.9. The first-order chi connectivity index (χ1) is 12.3. The third-order valence-corrected chi connectivity index (χ3v) is 4.59. The van der Waals surface area contributed by atoms with E-state index in [1.807, 2.05) is 29.6 Å².